The van der Waals surface area contributed by atoms with Gasteiger partial charge in [-0.2, -0.15) is 0 Å². The standard InChI is InChI=1S/C11H16ClN3/c1-8-3-4-15(9(8)2)11-10(5-12)6-13-7-14-11/h6-9H,3-5H2,1-2H3. The second-order valence-corrected chi connectivity index (χ2v) is 4.47. The highest BCUT2D eigenvalue weighted by molar-refractivity contribution is 6.17. The lowest BCUT2D eigenvalue weighted by molar-refractivity contribution is 0.544. The van der Waals surface area contributed by atoms with E-state index in [1.165, 1.54) is 6.42 Å². The Morgan fingerprint density at radius 3 is 2.93 bits per heavy atom. The van der Waals surface area contributed by atoms with Crippen molar-refractivity contribution >= 4 is 17.4 Å². The molecule has 0 saturated carbocycles. The molecule has 0 spiro atoms. The average Bonchev–Trinajstić information content (AvgIpc) is 2.60. The first-order valence-corrected chi connectivity index (χ1v) is 5.89. The first-order chi connectivity index (χ1) is 7.24. The molecule has 2 unspecified atom stereocenters. The summed E-state index contributed by atoms with van der Waals surface area (Å²) in [7, 11) is 0. The van der Waals surface area contributed by atoms with Crippen LogP contribution in [0.2, 0.25) is 0 Å². The number of aromatic nitrogens is 2. The molecule has 1 aliphatic rings. The molecule has 82 valence electrons. The summed E-state index contributed by atoms with van der Waals surface area (Å²) in [5.41, 5.74) is 1.03. The Hall–Kier alpha value is -0.830. The maximum absolute atomic E-state index is 5.89. The molecule has 1 aromatic heterocycles. The maximum Gasteiger partial charge on any atom is 0.136 e. The minimum atomic E-state index is 0.480. The second kappa shape index (κ2) is 4.35. The van der Waals surface area contributed by atoms with Gasteiger partial charge in [0.25, 0.3) is 0 Å². The number of hydrogen-bond donors (Lipinski definition) is 0. The Morgan fingerprint density at radius 1 is 1.53 bits per heavy atom. The van der Waals surface area contributed by atoms with E-state index < -0.39 is 0 Å². The second-order valence-electron chi connectivity index (χ2n) is 4.21. The largest absolute Gasteiger partial charge is 0.353 e. The molecule has 0 bridgehead atoms. The van der Waals surface area contributed by atoms with Crippen molar-refractivity contribution in [2.75, 3.05) is 11.4 Å². The normalized spacial score (nSPS) is 25.9. The van der Waals surface area contributed by atoms with E-state index in [0.717, 1.165) is 23.8 Å². The molecular weight excluding hydrogens is 210 g/mol. The van der Waals surface area contributed by atoms with Crippen molar-refractivity contribution in [2.45, 2.75) is 32.2 Å². The summed E-state index contributed by atoms with van der Waals surface area (Å²) in [6.07, 6.45) is 4.64. The Morgan fingerprint density at radius 2 is 2.33 bits per heavy atom. The fourth-order valence-corrected chi connectivity index (χ4v) is 2.29. The molecule has 1 fully saturated rings. The summed E-state index contributed by atoms with van der Waals surface area (Å²) in [4.78, 5) is 10.7. The van der Waals surface area contributed by atoms with Gasteiger partial charge in [0.15, 0.2) is 0 Å². The third kappa shape index (κ3) is 1.93. The zero-order chi connectivity index (χ0) is 10.8. The van der Waals surface area contributed by atoms with Gasteiger partial charge in [0.05, 0.1) is 5.88 Å². The monoisotopic (exact) mass is 225 g/mol. The van der Waals surface area contributed by atoms with Gasteiger partial charge in [0.2, 0.25) is 0 Å². The van der Waals surface area contributed by atoms with E-state index in [-0.39, 0.29) is 0 Å². The van der Waals surface area contributed by atoms with Crippen molar-refractivity contribution in [1.82, 2.24) is 9.97 Å². The number of halogens is 1. The van der Waals surface area contributed by atoms with E-state index in [1.54, 1.807) is 6.33 Å². The van der Waals surface area contributed by atoms with Crippen LogP contribution in [0.15, 0.2) is 12.5 Å². The summed E-state index contributed by atoms with van der Waals surface area (Å²) in [5.74, 6) is 2.22. The highest BCUT2D eigenvalue weighted by Gasteiger charge is 2.29. The van der Waals surface area contributed by atoms with Gasteiger partial charge in [0, 0.05) is 24.3 Å². The lowest BCUT2D eigenvalue weighted by atomic mass is 10.1. The van der Waals surface area contributed by atoms with Gasteiger partial charge in [0.1, 0.15) is 12.1 Å². The molecule has 1 aromatic rings. The Kier molecular flexibility index (Phi) is 3.10. The molecule has 0 amide bonds. The molecule has 0 aliphatic carbocycles. The van der Waals surface area contributed by atoms with Gasteiger partial charge in [-0.15, -0.1) is 11.6 Å². The summed E-state index contributed by atoms with van der Waals surface area (Å²) in [5, 5.41) is 0. The number of alkyl halides is 1. The van der Waals surface area contributed by atoms with Gasteiger partial charge in [-0.1, -0.05) is 6.92 Å². The van der Waals surface area contributed by atoms with E-state index in [4.69, 9.17) is 11.6 Å². The van der Waals surface area contributed by atoms with Crippen LogP contribution in [-0.2, 0) is 5.88 Å². The molecule has 15 heavy (non-hydrogen) atoms. The van der Waals surface area contributed by atoms with Crippen molar-refractivity contribution in [1.29, 1.82) is 0 Å². The van der Waals surface area contributed by atoms with Crippen LogP contribution >= 0.6 is 11.6 Å². The SMILES string of the molecule is CC1CCN(c2ncncc2CCl)C1C. The number of hydrogen-bond acceptors (Lipinski definition) is 3. The lowest BCUT2D eigenvalue weighted by Gasteiger charge is -2.25. The van der Waals surface area contributed by atoms with E-state index in [2.05, 4.69) is 28.7 Å². The molecular formula is C11H16ClN3. The van der Waals surface area contributed by atoms with Crippen LogP contribution in [0.25, 0.3) is 0 Å². The third-order valence-electron chi connectivity index (χ3n) is 3.32. The van der Waals surface area contributed by atoms with Gasteiger partial charge < -0.3 is 4.90 Å². The van der Waals surface area contributed by atoms with E-state index in [1.807, 2.05) is 6.20 Å². The van der Waals surface area contributed by atoms with Crippen molar-refractivity contribution < 1.29 is 0 Å². The third-order valence-corrected chi connectivity index (χ3v) is 3.61. The predicted octanol–water partition coefficient (Wildman–Crippen LogP) is 2.45. The van der Waals surface area contributed by atoms with Gasteiger partial charge in [-0.25, -0.2) is 9.97 Å². The summed E-state index contributed by atoms with van der Waals surface area (Å²) in [6.45, 7) is 5.60. The van der Waals surface area contributed by atoms with Crippen LogP contribution in [0.1, 0.15) is 25.8 Å². The van der Waals surface area contributed by atoms with Crippen LogP contribution in [0.4, 0.5) is 5.82 Å². The topological polar surface area (TPSA) is 29.0 Å². The Balaban J connectivity index is 2.29. The van der Waals surface area contributed by atoms with Crippen molar-refractivity contribution in [3.05, 3.63) is 18.1 Å². The zero-order valence-corrected chi connectivity index (χ0v) is 9.91. The van der Waals surface area contributed by atoms with Gasteiger partial charge in [-0.05, 0) is 19.3 Å². The van der Waals surface area contributed by atoms with E-state index >= 15 is 0 Å². The van der Waals surface area contributed by atoms with Gasteiger partial charge in [-0.3, -0.25) is 0 Å². The van der Waals surface area contributed by atoms with Crippen molar-refractivity contribution in [2.24, 2.45) is 5.92 Å². The molecule has 1 saturated heterocycles. The van der Waals surface area contributed by atoms with E-state index in [9.17, 15) is 0 Å². The van der Waals surface area contributed by atoms with Gasteiger partial charge >= 0.3 is 0 Å². The summed E-state index contributed by atoms with van der Waals surface area (Å²) >= 11 is 5.89. The molecule has 0 radical (unpaired) electrons. The molecule has 3 nitrogen and oxygen atoms in total. The number of anilines is 1. The fourth-order valence-electron chi connectivity index (χ4n) is 2.10. The minimum Gasteiger partial charge on any atom is -0.353 e. The minimum absolute atomic E-state index is 0.480. The van der Waals surface area contributed by atoms with Crippen molar-refractivity contribution in [3.63, 3.8) is 0 Å². The fraction of sp³-hybridized carbons (Fsp3) is 0.636. The van der Waals surface area contributed by atoms with Crippen LogP contribution in [-0.4, -0.2) is 22.6 Å². The van der Waals surface area contributed by atoms with Crippen LogP contribution in [0.3, 0.4) is 0 Å². The quantitative estimate of drug-likeness (QED) is 0.724. The molecule has 2 atom stereocenters. The van der Waals surface area contributed by atoms with Crippen LogP contribution in [0.5, 0.6) is 0 Å². The van der Waals surface area contributed by atoms with Crippen LogP contribution < -0.4 is 4.90 Å². The molecule has 4 heteroatoms. The van der Waals surface area contributed by atoms with Crippen molar-refractivity contribution in [3.8, 4) is 0 Å². The molecule has 0 N–H and O–H groups in total. The van der Waals surface area contributed by atoms with E-state index in [0.29, 0.717) is 11.9 Å². The zero-order valence-electron chi connectivity index (χ0n) is 9.15. The first kappa shape index (κ1) is 10.7. The lowest BCUT2D eigenvalue weighted by Crippen LogP contribution is -2.30. The average molecular weight is 226 g/mol. The number of nitrogens with zero attached hydrogens (tertiary/aromatic N) is 3. The smallest absolute Gasteiger partial charge is 0.136 e. The molecule has 2 heterocycles. The molecule has 1 aliphatic heterocycles. The highest BCUT2D eigenvalue weighted by atomic mass is 35.5. The number of rotatable bonds is 2. The maximum atomic E-state index is 5.89. The Labute approximate surface area is 95.5 Å². The summed E-state index contributed by atoms with van der Waals surface area (Å²) in [6, 6.07) is 0.543. The molecule has 0 aromatic carbocycles. The highest BCUT2D eigenvalue weighted by Crippen LogP contribution is 2.30. The predicted molar refractivity (Wildman–Crippen MR) is 62.2 cm³/mol. The Bertz CT molecular complexity index is 342. The molecule has 2 rings (SSSR count). The van der Waals surface area contributed by atoms with Crippen LogP contribution in [0, 0.1) is 5.92 Å². The first-order valence-electron chi connectivity index (χ1n) is 5.35. The summed E-state index contributed by atoms with van der Waals surface area (Å²) < 4.78 is 0.